The summed E-state index contributed by atoms with van der Waals surface area (Å²) in [4.78, 5) is 0. The van der Waals surface area contributed by atoms with Crippen molar-refractivity contribution in [2.75, 3.05) is 19.8 Å². The van der Waals surface area contributed by atoms with E-state index in [9.17, 15) is 0 Å². The van der Waals surface area contributed by atoms with E-state index in [-0.39, 0.29) is 0 Å². The second-order valence-electron chi connectivity index (χ2n) is 15.2. The minimum Gasteiger partial charge on any atom is -0.0885 e. The molecule has 0 aliphatic carbocycles. The van der Waals surface area contributed by atoms with Gasteiger partial charge in [-0.25, -0.2) is 0 Å². The Balaban J connectivity index is 3.63. The van der Waals surface area contributed by atoms with E-state index in [0.717, 1.165) is 19.8 Å². The van der Waals surface area contributed by atoms with Crippen molar-refractivity contribution in [3.05, 3.63) is 24.3 Å². The molecule has 270 valence electrons. The van der Waals surface area contributed by atoms with Gasteiger partial charge in [0.25, 0.3) is 0 Å². The van der Waals surface area contributed by atoms with Crippen LogP contribution in [0, 0.1) is 0 Å². The van der Waals surface area contributed by atoms with Crippen LogP contribution in [-0.4, -0.2) is 39.5 Å². The topological polar surface area (TPSA) is 18.5 Å². The molecule has 3 heteroatoms. The van der Waals surface area contributed by atoms with Crippen molar-refractivity contribution in [2.45, 2.75) is 222 Å². The minimum atomic E-state index is -1.67. The maximum atomic E-state index is 6.38. The van der Waals surface area contributed by atoms with Crippen molar-refractivity contribution < 1.29 is 9.47 Å². The molecule has 0 spiro atoms. The van der Waals surface area contributed by atoms with Gasteiger partial charge < -0.3 is 0 Å². The molecular formula is C42H85AsO2. The summed E-state index contributed by atoms with van der Waals surface area (Å²) in [5.74, 6) is 0. The van der Waals surface area contributed by atoms with Gasteiger partial charge in [0, 0.05) is 0 Å². The molecule has 1 atom stereocenters. The first-order valence-corrected chi connectivity index (χ1v) is 28.3. The second-order valence-corrected chi connectivity index (χ2v) is 26.8. The molecular weight excluding hydrogens is 611 g/mol. The average Bonchev–Trinajstić information content (AvgIpc) is 3.01. The van der Waals surface area contributed by atoms with E-state index in [1.165, 1.54) is 185 Å². The number of hydrogen-bond acceptors (Lipinski definition) is 2. The van der Waals surface area contributed by atoms with Crippen molar-refractivity contribution in [1.82, 2.24) is 0 Å². The summed E-state index contributed by atoms with van der Waals surface area (Å²) in [6.07, 6.45) is 48.0. The van der Waals surface area contributed by atoms with Gasteiger partial charge in [-0.05, 0) is 25.7 Å². The first-order chi connectivity index (χ1) is 22.0. The summed E-state index contributed by atoms with van der Waals surface area (Å²) < 4.78 is 12.5. The van der Waals surface area contributed by atoms with E-state index in [0.29, 0.717) is 6.10 Å². The Morgan fingerprint density at radius 2 is 0.756 bits per heavy atom. The van der Waals surface area contributed by atoms with Gasteiger partial charge in [-0.2, -0.15) is 0 Å². The van der Waals surface area contributed by atoms with Crippen molar-refractivity contribution in [1.29, 1.82) is 0 Å². The van der Waals surface area contributed by atoms with E-state index in [4.69, 9.17) is 9.47 Å². The number of unbranched alkanes of at least 4 members (excludes halogenated alkanes) is 24. The predicted octanol–water partition coefficient (Wildman–Crippen LogP) is 14.5. The van der Waals surface area contributed by atoms with Crippen LogP contribution in [0.1, 0.15) is 194 Å². The Kier molecular flexibility index (Phi) is 36.8. The molecule has 0 amide bonds. The minimum absolute atomic E-state index is 0.322. The van der Waals surface area contributed by atoms with Gasteiger partial charge >= 0.3 is 167 Å². The molecule has 0 aromatic heterocycles. The average molecular weight is 697 g/mol. The van der Waals surface area contributed by atoms with E-state index in [1.54, 1.807) is 0 Å². The third-order valence-electron chi connectivity index (χ3n) is 8.95. The van der Waals surface area contributed by atoms with Gasteiger partial charge in [0.15, 0.2) is 0 Å². The molecule has 0 heterocycles. The smallest absolute Gasteiger partial charge is 0.0885 e. The van der Waals surface area contributed by atoms with E-state index in [1.807, 2.05) is 0 Å². The molecule has 0 saturated heterocycles. The molecule has 0 aromatic rings. The molecule has 0 rings (SSSR count). The monoisotopic (exact) mass is 697 g/mol. The zero-order valence-electron chi connectivity index (χ0n) is 31.8. The summed E-state index contributed by atoms with van der Waals surface area (Å²) in [7, 11) is 0. The van der Waals surface area contributed by atoms with Crippen molar-refractivity contribution in [3.63, 3.8) is 0 Å². The third-order valence-corrected chi connectivity index (χ3v) is 12.5. The van der Waals surface area contributed by atoms with Crippen molar-refractivity contribution in [2.24, 2.45) is 0 Å². The quantitative estimate of drug-likeness (QED) is 0.0366. The van der Waals surface area contributed by atoms with Crippen LogP contribution in [0.4, 0.5) is 0 Å². The number of hydrogen-bond donors (Lipinski definition) is 0. The Bertz CT molecular complexity index is 608. The van der Waals surface area contributed by atoms with Gasteiger partial charge in [0.2, 0.25) is 0 Å². The first-order valence-electron chi connectivity index (χ1n) is 20.5. The molecule has 0 aliphatic heterocycles. The fourth-order valence-corrected chi connectivity index (χ4v) is 9.48. The SMILES string of the molecule is CCCCCCCCC=CCCCCCCCCOCC(C[AsH](C)(C)C)OCCCCCCCCC=CCCCCCCCC. The van der Waals surface area contributed by atoms with Crippen LogP contribution in [0.5, 0.6) is 0 Å². The molecule has 45 heavy (non-hydrogen) atoms. The maximum absolute atomic E-state index is 6.38. The van der Waals surface area contributed by atoms with Gasteiger partial charge in [0.05, 0.1) is 0 Å². The number of rotatable bonds is 37. The summed E-state index contributed by atoms with van der Waals surface area (Å²) in [5.41, 5.74) is 7.52. The zero-order chi connectivity index (χ0) is 32.9. The second kappa shape index (κ2) is 36.8. The molecule has 0 fully saturated rings. The fourth-order valence-electron chi connectivity index (χ4n) is 6.11. The first kappa shape index (κ1) is 45.0. The Morgan fingerprint density at radius 1 is 0.422 bits per heavy atom. The predicted molar refractivity (Wildman–Crippen MR) is 209 cm³/mol. The van der Waals surface area contributed by atoms with Gasteiger partial charge in [0.1, 0.15) is 0 Å². The number of ether oxygens (including phenoxy) is 2. The molecule has 0 aromatic carbocycles. The molecule has 1 unspecified atom stereocenters. The summed E-state index contributed by atoms with van der Waals surface area (Å²) >= 11 is -1.67. The molecule has 0 radical (unpaired) electrons. The third kappa shape index (κ3) is 40.0. The zero-order valence-corrected chi connectivity index (χ0v) is 33.9. The van der Waals surface area contributed by atoms with E-state index < -0.39 is 13.6 Å². The summed E-state index contributed by atoms with van der Waals surface area (Å²) in [6.45, 7) is 7.22. The van der Waals surface area contributed by atoms with Crippen LogP contribution in [0.3, 0.4) is 0 Å². The van der Waals surface area contributed by atoms with Crippen LogP contribution in [0.25, 0.3) is 0 Å². The van der Waals surface area contributed by atoms with Crippen LogP contribution < -0.4 is 0 Å². The van der Waals surface area contributed by atoms with Gasteiger partial charge in [-0.3, -0.25) is 0 Å². The fraction of sp³-hybridized carbons (Fsp3) is 0.905. The molecule has 0 N–H and O–H groups in total. The molecule has 0 saturated carbocycles. The molecule has 0 bridgehead atoms. The van der Waals surface area contributed by atoms with Crippen molar-refractivity contribution >= 4 is 13.6 Å². The van der Waals surface area contributed by atoms with Crippen LogP contribution in [0.2, 0.25) is 22.3 Å². The standard InChI is InChI=1S/C42H85AsO2/c1-6-8-10-12-14-16-18-20-22-24-26-28-30-32-34-36-38-44-41-42(40-43(3,4)5)45-39-37-35-33-31-29-27-25-23-21-19-17-15-13-11-9-7-2/h20-23,42-43H,6-19,24-41H2,1-5H3. The molecule has 0 aliphatic rings. The van der Waals surface area contributed by atoms with Gasteiger partial charge in [-0.15, -0.1) is 0 Å². The normalized spacial score (nSPS) is 13.4. The van der Waals surface area contributed by atoms with Gasteiger partial charge in [-0.1, -0.05) is 96.3 Å². The Hall–Kier alpha value is -0.0416. The summed E-state index contributed by atoms with van der Waals surface area (Å²) in [6, 6.07) is 0. The molecule has 2 nitrogen and oxygen atoms in total. The van der Waals surface area contributed by atoms with Crippen LogP contribution in [-0.2, 0) is 9.47 Å². The van der Waals surface area contributed by atoms with Crippen LogP contribution in [0.15, 0.2) is 24.3 Å². The summed E-state index contributed by atoms with van der Waals surface area (Å²) in [5, 5.41) is 1.26. The van der Waals surface area contributed by atoms with Crippen LogP contribution >= 0.6 is 0 Å². The van der Waals surface area contributed by atoms with E-state index >= 15 is 0 Å². The number of allylic oxidation sites excluding steroid dienone is 4. The van der Waals surface area contributed by atoms with Crippen molar-refractivity contribution in [3.8, 4) is 0 Å². The Labute approximate surface area is 288 Å². The van der Waals surface area contributed by atoms with E-state index in [2.05, 4.69) is 55.3 Å². The Morgan fingerprint density at radius 3 is 1.13 bits per heavy atom.